The fourth-order valence-corrected chi connectivity index (χ4v) is 0.547. The van der Waals surface area contributed by atoms with Crippen molar-refractivity contribution >= 4 is 6.09 Å². The van der Waals surface area contributed by atoms with Crippen LogP contribution in [0.2, 0.25) is 0 Å². The van der Waals surface area contributed by atoms with Crippen molar-refractivity contribution in [1.82, 2.24) is 5.32 Å². The zero-order valence-electron chi connectivity index (χ0n) is 6.26. The summed E-state index contributed by atoms with van der Waals surface area (Å²) in [7, 11) is 0. The zero-order valence-corrected chi connectivity index (χ0v) is 6.26. The van der Waals surface area contributed by atoms with E-state index in [1.807, 2.05) is 6.92 Å². The van der Waals surface area contributed by atoms with Gasteiger partial charge in [-0.05, 0) is 13.8 Å². The quantitative estimate of drug-likeness (QED) is 0.614. The van der Waals surface area contributed by atoms with Crippen LogP contribution in [0.25, 0.3) is 0 Å². The Balaban J connectivity index is 3.25. The van der Waals surface area contributed by atoms with Crippen LogP contribution in [0.15, 0.2) is 0 Å². The summed E-state index contributed by atoms with van der Waals surface area (Å²) in [5.74, 6) is 0. The van der Waals surface area contributed by atoms with Crippen molar-refractivity contribution in [2.75, 3.05) is 13.2 Å². The second-order valence-electron chi connectivity index (χ2n) is 2.01. The summed E-state index contributed by atoms with van der Waals surface area (Å²) in [4.78, 5) is 10.0. The molecule has 4 nitrogen and oxygen atoms in total. The predicted octanol–water partition coefficient (Wildman–Crippen LogP) is 0.679. The molecule has 10 heavy (non-hydrogen) atoms. The lowest BCUT2D eigenvalue weighted by molar-refractivity contribution is 0.123. The number of carboxylic acid groups (broad SMARTS) is 1. The fraction of sp³-hybridized carbons (Fsp3) is 0.833. The molecule has 0 radical (unpaired) electrons. The van der Waals surface area contributed by atoms with Gasteiger partial charge in [-0.25, -0.2) is 4.79 Å². The lowest BCUT2D eigenvalue weighted by atomic mass is 10.4. The van der Waals surface area contributed by atoms with Crippen LogP contribution in [0.4, 0.5) is 4.79 Å². The van der Waals surface area contributed by atoms with Crippen molar-refractivity contribution in [2.45, 2.75) is 19.9 Å². The topological polar surface area (TPSA) is 58.6 Å². The largest absolute Gasteiger partial charge is 0.465 e. The number of carbonyl (C=O) groups is 1. The molecule has 0 saturated carbocycles. The van der Waals surface area contributed by atoms with Gasteiger partial charge in [-0.1, -0.05) is 0 Å². The van der Waals surface area contributed by atoms with Gasteiger partial charge in [0.25, 0.3) is 0 Å². The molecule has 0 aromatic carbocycles. The van der Waals surface area contributed by atoms with E-state index in [0.717, 1.165) is 0 Å². The Labute approximate surface area is 60.2 Å². The first-order valence-corrected chi connectivity index (χ1v) is 3.24. The van der Waals surface area contributed by atoms with Gasteiger partial charge in [0.2, 0.25) is 0 Å². The molecular formula is C6H13NO3. The molecule has 0 heterocycles. The highest BCUT2D eigenvalue weighted by Gasteiger charge is 2.02. The summed E-state index contributed by atoms with van der Waals surface area (Å²) in [6, 6.07) is -0.127. The van der Waals surface area contributed by atoms with Gasteiger partial charge in [0.05, 0.1) is 12.6 Å². The minimum atomic E-state index is -1.01. The van der Waals surface area contributed by atoms with Crippen molar-refractivity contribution < 1.29 is 14.6 Å². The Morgan fingerprint density at radius 1 is 1.80 bits per heavy atom. The SMILES string of the molecule is CCOCC(C)NC(=O)O. The number of hydrogen-bond donors (Lipinski definition) is 2. The van der Waals surface area contributed by atoms with Crippen LogP contribution in [0.5, 0.6) is 0 Å². The lowest BCUT2D eigenvalue weighted by Gasteiger charge is -2.09. The van der Waals surface area contributed by atoms with Crippen LogP contribution >= 0.6 is 0 Å². The molecule has 0 saturated heterocycles. The summed E-state index contributed by atoms with van der Waals surface area (Å²) >= 11 is 0. The minimum Gasteiger partial charge on any atom is -0.465 e. The van der Waals surface area contributed by atoms with E-state index < -0.39 is 6.09 Å². The second kappa shape index (κ2) is 5.05. The molecule has 0 aromatic rings. The second-order valence-corrected chi connectivity index (χ2v) is 2.01. The molecule has 0 bridgehead atoms. The van der Waals surface area contributed by atoms with Crippen molar-refractivity contribution in [2.24, 2.45) is 0 Å². The molecule has 1 amide bonds. The molecule has 1 unspecified atom stereocenters. The maximum absolute atomic E-state index is 10.0. The molecule has 0 fully saturated rings. The number of hydrogen-bond acceptors (Lipinski definition) is 2. The van der Waals surface area contributed by atoms with Gasteiger partial charge in [0.15, 0.2) is 0 Å². The van der Waals surface area contributed by atoms with Crippen molar-refractivity contribution in [3.63, 3.8) is 0 Å². The third-order valence-electron chi connectivity index (χ3n) is 0.942. The Bertz CT molecular complexity index is 105. The van der Waals surface area contributed by atoms with E-state index in [1.54, 1.807) is 6.92 Å². The predicted molar refractivity (Wildman–Crippen MR) is 37.1 cm³/mol. The van der Waals surface area contributed by atoms with E-state index in [4.69, 9.17) is 9.84 Å². The summed E-state index contributed by atoms with van der Waals surface area (Å²) in [5.41, 5.74) is 0. The highest BCUT2D eigenvalue weighted by molar-refractivity contribution is 5.64. The molecule has 0 aromatic heterocycles. The molecular weight excluding hydrogens is 134 g/mol. The average molecular weight is 147 g/mol. The molecule has 4 heteroatoms. The Kier molecular flexibility index (Phi) is 4.66. The maximum Gasteiger partial charge on any atom is 0.404 e. The maximum atomic E-state index is 10.0. The first kappa shape index (κ1) is 9.23. The third kappa shape index (κ3) is 5.37. The molecule has 1 atom stereocenters. The number of nitrogens with one attached hydrogen (secondary N) is 1. The highest BCUT2D eigenvalue weighted by atomic mass is 16.5. The molecule has 0 aliphatic heterocycles. The molecule has 0 aliphatic rings. The summed E-state index contributed by atoms with van der Waals surface area (Å²) in [5, 5.41) is 10.5. The van der Waals surface area contributed by atoms with Crippen molar-refractivity contribution in [3.05, 3.63) is 0 Å². The Morgan fingerprint density at radius 2 is 2.40 bits per heavy atom. The Morgan fingerprint density at radius 3 is 2.80 bits per heavy atom. The van der Waals surface area contributed by atoms with Crippen LogP contribution < -0.4 is 5.32 Å². The number of ether oxygens (including phenoxy) is 1. The van der Waals surface area contributed by atoms with Gasteiger partial charge in [-0.15, -0.1) is 0 Å². The molecule has 0 aliphatic carbocycles. The van der Waals surface area contributed by atoms with Gasteiger partial charge in [0, 0.05) is 6.61 Å². The monoisotopic (exact) mass is 147 g/mol. The minimum absolute atomic E-state index is 0.127. The molecule has 2 N–H and O–H groups in total. The van der Waals surface area contributed by atoms with Crippen molar-refractivity contribution in [1.29, 1.82) is 0 Å². The molecule has 60 valence electrons. The van der Waals surface area contributed by atoms with Gasteiger partial charge in [-0.3, -0.25) is 0 Å². The number of amides is 1. The fourth-order valence-electron chi connectivity index (χ4n) is 0.547. The van der Waals surface area contributed by atoms with Gasteiger partial charge in [0.1, 0.15) is 0 Å². The van der Waals surface area contributed by atoms with Crippen LogP contribution in [0.1, 0.15) is 13.8 Å². The summed E-state index contributed by atoms with van der Waals surface area (Å²) in [6.07, 6.45) is -1.01. The van der Waals surface area contributed by atoms with Gasteiger partial charge < -0.3 is 15.2 Å². The molecule has 0 rings (SSSR count). The Hall–Kier alpha value is -0.770. The third-order valence-corrected chi connectivity index (χ3v) is 0.942. The molecule has 0 spiro atoms. The smallest absolute Gasteiger partial charge is 0.404 e. The zero-order chi connectivity index (χ0) is 7.98. The average Bonchev–Trinajstić information content (AvgIpc) is 1.82. The standard InChI is InChI=1S/C6H13NO3/c1-3-10-4-5(2)7-6(8)9/h5,7H,3-4H2,1-2H3,(H,8,9). The van der Waals surface area contributed by atoms with Gasteiger partial charge in [-0.2, -0.15) is 0 Å². The summed E-state index contributed by atoms with van der Waals surface area (Å²) in [6.45, 7) is 4.67. The van der Waals surface area contributed by atoms with E-state index >= 15 is 0 Å². The van der Waals surface area contributed by atoms with Crippen LogP contribution in [-0.4, -0.2) is 30.5 Å². The highest BCUT2D eigenvalue weighted by Crippen LogP contribution is 1.82. The lowest BCUT2D eigenvalue weighted by Crippen LogP contribution is -2.34. The first-order valence-electron chi connectivity index (χ1n) is 3.24. The van der Waals surface area contributed by atoms with Crippen LogP contribution in [0.3, 0.4) is 0 Å². The number of rotatable bonds is 4. The van der Waals surface area contributed by atoms with Crippen LogP contribution in [0, 0.1) is 0 Å². The van der Waals surface area contributed by atoms with E-state index in [1.165, 1.54) is 0 Å². The van der Waals surface area contributed by atoms with E-state index in [0.29, 0.717) is 13.2 Å². The van der Waals surface area contributed by atoms with E-state index in [9.17, 15) is 4.79 Å². The van der Waals surface area contributed by atoms with Gasteiger partial charge >= 0.3 is 6.09 Å². The first-order chi connectivity index (χ1) is 4.66. The normalized spacial score (nSPS) is 12.6. The van der Waals surface area contributed by atoms with Crippen LogP contribution in [-0.2, 0) is 4.74 Å². The van der Waals surface area contributed by atoms with E-state index in [-0.39, 0.29) is 6.04 Å². The van der Waals surface area contributed by atoms with E-state index in [2.05, 4.69) is 5.32 Å². The van der Waals surface area contributed by atoms with Crippen molar-refractivity contribution in [3.8, 4) is 0 Å². The summed E-state index contributed by atoms with van der Waals surface area (Å²) < 4.78 is 4.97.